The van der Waals surface area contributed by atoms with Crippen LogP contribution in [-0.4, -0.2) is 31.2 Å². The van der Waals surface area contributed by atoms with Crippen LogP contribution in [0, 0.1) is 11.6 Å². The number of hydrogen-bond acceptors (Lipinski definition) is 5. The zero-order valence-electron chi connectivity index (χ0n) is 17.6. The Kier molecular flexibility index (Phi) is 7.57. The minimum atomic E-state index is -4.76. The van der Waals surface area contributed by atoms with Crippen LogP contribution in [0.15, 0.2) is 42.6 Å². The number of nitrogens with two attached hydrogens (primary N) is 1. The summed E-state index contributed by atoms with van der Waals surface area (Å²) < 4.78 is 73.2. The maximum absolute atomic E-state index is 14.7. The van der Waals surface area contributed by atoms with Crippen LogP contribution < -0.4 is 16.4 Å². The molecule has 0 aliphatic rings. The lowest BCUT2D eigenvalue weighted by molar-refractivity contribution is -0.137. The van der Waals surface area contributed by atoms with Gasteiger partial charge in [0.2, 0.25) is 0 Å². The number of carbonyl (C=O) groups excluding carboxylic acids is 1. The van der Waals surface area contributed by atoms with E-state index in [1.807, 2.05) is 0 Å². The number of rotatable bonds is 7. The monoisotopic (exact) mass is 500 g/mol. The number of methoxy groups -OCH3 is 1. The first-order valence-corrected chi connectivity index (χ1v) is 10.0. The molecule has 3 aromatic rings. The van der Waals surface area contributed by atoms with Crippen LogP contribution >= 0.6 is 11.6 Å². The Morgan fingerprint density at radius 3 is 2.53 bits per heavy atom. The van der Waals surface area contributed by atoms with Gasteiger partial charge in [-0.05, 0) is 36.4 Å². The van der Waals surface area contributed by atoms with Gasteiger partial charge in [0.05, 0.1) is 34.6 Å². The molecule has 1 heterocycles. The van der Waals surface area contributed by atoms with Gasteiger partial charge in [-0.25, -0.2) is 13.8 Å². The van der Waals surface area contributed by atoms with Crippen LogP contribution in [0.4, 0.5) is 39.1 Å². The lowest BCUT2D eigenvalue weighted by atomic mass is 10.0. The van der Waals surface area contributed by atoms with Gasteiger partial charge in [0.25, 0.3) is 5.91 Å². The number of benzene rings is 2. The van der Waals surface area contributed by atoms with Gasteiger partial charge in [0.1, 0.15) is 17.5 Å². The zero-order chi connectivity index (χ0) is 25.0. The molecule has 0 atom stereocenters. The van der Waals surface area contributed by atoms with Crippen LogP contribution in [0.3, 0.4) is 0 Å². The summed E-state index contributed by atoms with van der Waals surface area (Å²) in [7, 11) is 1.40. The smallest absolute Gasteiger partial charge is 0.398 e. The number of carbonyl (C=O) groups is 1. The van der Waals surface area contributed by atoms with Crippen molar-refractivity contribution in [1.82, 2.24) is 4.98 Å². The first kappa shape index (κ1) is 25.2. The molecule has 0 saturated heterocycles. The zero-order valence-corrected chi connectivity index (χ0v) is 18.3. The predicted octanol–water partition coefficient (Wildman–Crippen LogP) is 5.59. The molecule has 0 spiro atoms. The lowest BCUT2D eigenvalue weighted by Crippen LogP contribution is -2.18. The number of amides is 1. The summed E-state index contributed by atoms with van der Waals surface area (Å²) in [6.45, 7) is 0.235. The first-order chi connectivity index (χ1) is 16.0. The van der Waals surface area contributed by atoms with Crippen molar-refractivity contribution in [2.24, 2.45) is 0 Å². The van der Waals surface area contributed by atoms with Crippen LogP contribution in [0.5, 0.6) is 0 Å². The van der Waals surface area contributed by atoms with Gasteiger partial charge in [-0.15, -0.1) is 0 Å². The van der Waals surface area contributed by atoms with E-state index in [0.29, 0.717) is 6.07 Å². The molecule has 0 unspecified atom stereocenters. The number of halogens is 6. The number of nitrogens with one attached hydrogen (secondary N) is 2. The highest BCUT2D eigenvalue weighted by atomic mass is 35.5. The summed E-state index contributed by atoms with van der Waals surface area (Å²) in [5.41, 5.74) is 4.04. The first-order valence-electron chi connectivity index (χ1n) is 9.67. The highest BCUT2D eigenvalue weighted by molar-refractivity contribution is 6.34. The molecule has 0 fully saturated rings. The van der Waals surface area contributed by atoms with E-state index < -0.39 is 35.1 Å². The number of nitrogen functional groups attached to an aromatic ring is 1. The predicted molar refractivity (Wildman–Crippen MR) is 119 cm³/mol. The summed E-state index contributed by atoms with van der Waals surface area (Å²) in [4.78, 5) is 16.3. The van der Waals surface area contributed by atoms with E-state index in [2.05, 4.69) is 15.6 Å². The molecule has 34 heavy (non-hydrogen) atoms. The Labute approximate surface area is 195 Å². The fourth-order valence-corrected chi connectivity index (χ4v) is 3.32. The van der Waals surface area contributed by atoms with Crippen molar-refractivity contribution < 1.29 is 31.5 Å². The maximum atomic E-state index is 14.7. The molecule has 4 N–H and O–H groups in total. The van der Waals surface area contributed by atoms with E-state index in [1.54, 1.807) is 0 Å². The number of pyridine rings is 1. The average Bonchev–Trinajstić information content (AvgIpc) is 2.75. The summed E-state index contributed by atoms with van der Waals surface area (Å²) in [5.74, 6) is -2.90. The fraction of sp³-hybridized carbons (Fsp3) is 0.182. The quantitative estimate of drug-likeness (QED) is 0.223. The van der Waals surface area contributed by atoms with Crippen LogP contribution in [0.25, 0.3) is 11.1 Å². The van der Waals surface area contributed by atoms with Gasteiger partial charge in [-0.3, -0.25) is 4.79 Å². The van der Waals surface area contributed by atoms with Crippen molar-refractivity contribution in [2.45, 2.75) is 6.18 Å². The third-order valence-electron chi connectivity index (χ3n) is 4.65. The molecular weight excluding hydrogens is 483 g/mol. The largest absolute Gasteiger partial charge is 0.420 e. The third kappa shape index (κ3) is 5.72. The van der Waals surface area contributed by atoms with Crippen LogP contribution in [0.2, 0.25) is 5.02 Å². The molecule has 3 rings (SSSR count). The molecule has 0 aliphatic heterocycles. The fourth-order valence-electron chi connectivity index (χ4n) is 3.07. The minimum Gasteiger partial charge on any atom is -0.398 e. The van der Waals surface area contributed by atoms with E-state index in [9.17, 15) is 26.7 Å². The topological polar surface area (TPSA) is 89.3 Å². The Hall–Kier alpha value is -3.44. The maximum Gasteiger partial charge on any atom is 0.420 e. The van der Waals surface area contributed by atoms with Gasteiger partial charge >= 0.3 is 6.18 Å². The molecule has 12 heteroatoms. The van der Waals surface area contributed by atoms with E-state index in [4.69, 9.17) is 22.1 Å². The summed E-state index contributed by atoms with van der Waals surface area (Å²) in [6, 6.07) is 5.97. The van der Waals surface area contributed by atoms with Gasteiger partial charge in [-0.2, -0.15) is 13.2 Å². The Morgan fingerprint density at radius 2 is 1.88 bits per heavy atom. The van der Waals surface area contributed by atoms with Crippen LogP contribution in [-0.2, 0) is 10.9 Å². The van der Waals surface area contributed by atoms with Crippen molar-refractivity contribution in [1.29, 1.82) is 0 Å². The van der Waals surface area contributed by atoms with Gasteiger partial charge in [0, 0.05) is 30.5 Å². The van der Waals surface area contributed by atoms with Crippen molar-refractivity contribution in [3.63, 3.8) is 0 Å². The standard InChI is InChI=1S/C22H18ClF5N4O2/c1-34-5-4-30-20-16(22(26,27)28)7-12(10-31-20)32-21(33)15-9-18(25)14(8-17(15)23)13-3-2-11(24)6-19(13)29/h2-3,6-10H,4-5,29H2,1H3,(H,30,31)(H,32,33). The molecule has 1 amide bonds. The van der Waals surface area contributed by atoms with Gasteiger partial charge in [-0.1, -0.05) is 11.6 Å². The highest BCUT2D eigenvalue weighted by Crippen LogP contribution is 2.36. The Balaban J connectivity index is 1.88. The summed E-state index contributed by atoms with van der Waals surface area (Å²) in [5, 5.41) is 4.54. The van der Waals surface area contributed by atoms with E-state index >= 15 is 0 Å². The lowest BCUT2D eigenvalue weighted by Gasteiger charge is -2.16. The number of aromatic nitrogens is 1. The van der Waals surface area contributed by atoms with Gasteiger partial charge < -0.3 is 21.1 Å². The SMILES string of the molecule is COCCNc1ncc(NC(=O)c2cc(F)c(-c3ccc(F)cc3N)cc2Cl)cc1C(F)(F)F. The van der Waals surface area contributed by atoms with Gasteiger partial charge in [0.15, 0.2) is 0 Å². The molecule has 0 saturated carbocycles. The number of nitrogens with zero attached hydrogens (tertiary/aromatic N) is 1. The average molecular weight is 501 g/mol. The Bertz CT molecular complexity index is 1220. The molecule has 0 aliphatic carbocycles. The molecule has 180 valence electrons. The van der Waals surface area contributed by atoms with Crippen molar-refractivity contribution in [3.8, 4) is 11.1 Å². The van der Waals surface area contributed by atoms with Crippen LogP contribution in [0.1, 0.15) is 15.9 Å². The summed E-state index contributed by atoms with van der Waals surface area (Å²) >= 11 is 6.14. The molecule has 0 bridgehead atoms. The highest BCUT2D eigenvalue weighted by Gasteiger charge is 2.35. The second-order valence-corrected chi connectivity index (χ2v) is 7.44. The summed E-state index contributed by atoms with van der Waals surface area (Å²) in [6.07, 6.45) is -3.75. The van der Waals surface area contributed by atoms with E-state index in [0.717, 1.165) is 30.5 Å². The molecule has 6 nitrogen and oxygen atoms in total. The number of alkyl halides is 3. The van der Waals surface area contributed by atoms with E-state index in [1.165, 1.54) is 13.2 Å². The molecule has 1 aromatic heterocycles. The van der Waals surface area contributed by atoms with Crippen molar-refractivity contribution in [2.75, 3.05) is 36.6 Å². The van der Waals surface area contributed by atoms with Crippen molar-refractivity contribution in [3.05, 3.63) is 70.4 Å². The Morgan fingerprint density at radius 1 is 1.15 bits per heavy atom. The van der Waals surface area contributed by atoms with E-state index in [-0.39, 0.29) is 46.2 Å². The minimum absolute atomic E-state index is 0.0443. The number of hydrogen-bond donors (Lipinski definition) is 3. The van der Waals surface area contributed by atoms with Crippen molar-refractivity contribution >= 4 is 34.7 Å². The molecular formula is C22H18ClF5N4O2. The number of ether oxygens (including phenoxy) is 1. The third-order valence-corrected chi connectivity index (χ3v) is 4.97. The molecule has 2 aromatic carbocycles. The number of anilines is 3. The second-order valence-electron chi connectivity index (χ2n) is 7.04. The normalized spacial score (nSPS) is 11.4. The molecule has 0 radical (unpaired) electrons. The second kappa shape index (κ2) is 10.2.